The fourth-order valence-electron chi connectivity index (χ4n) is 2.13. The zero-order valence-electron chi connectivity index (χ0n) is 10.8. The van der Waals surface area contributed by atoms with E-state index in [0.29, 0.717) is 11.8 Å². The van der Waals surface area contributed by atoms with Crippen molar-refractivity contribution >= 4 is 23.5 Å². The van der Waals surface area contributed by atoms with Crippen molar-refractivity contribution in [3.8, 4) is 5.75 Å². The van der Waals surface area contributed by atoms with Crippen molar-refractivity contribution in [3.63, 3.8) is 0 Å². The number of aromatic hydroxyl groups is 1. The van der Waals surface area contributed by atoms with Crippen molar-refractivity contribution in [2.24, 2.45) is 0 Å². The third kappa shape index (κ3) is 4.11. The summed E-state index contributed by atoms with van der Waals surface area (Å²) in [6.45, 7) is 3.28. The Morgan fingerprint density at radius 1 is 1.33 bits per heavy atom. The van der Waals surface area contributed by atoms with E-state index >= 15 is 0 Å². The van der Waals surface area contributed by atoms with E-state index in [1.807, 2.05) is 12.1 Å². The van der Waals surface area contributed by atoms with Crippen LogP contribution in [0.3, 0.4) is 0 Å². The molecule has 1 aromatic carbocycles. The number of rotatable bonds is 5. The Morgan fingerprint density at radius 3 is 2.72 bits per heavy atom. The Bertz CT molecular complexity index is 349. The van der Waals surface area contributed by atoms with Crippen LogP contribution in [0.5, 0.6) is 5.75 Å². The monoisotopic (exact) mass is 283 g/mol. The standard InChI is InChI=1S/C14H21NOS2/c1-2-14(11-3-5-12(16)6-4-11)15-9-13-10-17-7-8-18-13/h3-6,13-16H,2,7-10H2,1H3. The van der Waals surface area contributed by atoms with Crippen LogP contribution in [0.2, 0.25) is 0 Å². The molecule has 0 radical (unpaired) electrons. The first-order valence-corrected chi connectivity index (χ1v) is 8.71. The van der Waals surface area contributed by atoms with E-state index in [1.54, 1.807) is 12.1 Å². The van der Waals surface area contributed by atoms with Crippen molar-refractivity contribution < 1.29 is 5.11 Å². The molecular weight excluding hydrogens is 262 g/mol. The van der Waals surface area contributed by atoms with Gasteiger partial charge in [0, 0.05) is 35.1 Å². The molecule has 1 aromatic rings. The highest BCUT2D eigenvalue weighted by atomic mass is 32.2. The molecule has 2 rings (SSSR count). The molecule has 0 saturated carbocycles. The van der Waals surface area contributed by atoms with Crippen LogP contribution >= 0.6 is 23.5 Å². The maximum atomic E-state index is 9.32. The molecule has 0 bridgehead atoms. The summed E-state index contributed by atoms with van der Waals surface area (Å²) >= 11 is 4.16. The maximum absolute atomic E-state index is 9.32. The van der Waals surface area contributed by atoms with Gasteiger partial charge in [0.05, 0.1) is 0 Å². The van der Waals surface area contributed by atoms with E-state index in [-0.39, 0.29) is 0 Å². The summed E-state index contributed by atoms with van der Waals surface area (Å²) in [5, 5.41) is 13.7. The Morgan fingerprint density at radius 2 is 2.11 bits per heavy atom. The van der Waals surface area contributed by atoms with Crippen molar-refractivity contribution in [2.75, 3.05) is 23.8 Å². The van der Waals surface area contributed by atoms with E-state index in [4.69, 9.17) is 0 Å². The Hall–Kier alpha value is -0.320. The third-order valence-corrected chi connectivity index (χ3v) is 6.03. The van der Waals surface area contributed by atoms with Crippen molar-refractivity contribution in [3.05, 3.63) is 29.8 Å². The quantitative estimate of drug-likeness (QED) is 0.868. The number of phenolic OH excluding ortho intramolecular Hbond substituents is 1. The molecule has 1 fully saturated rings. The molecule has 1 heterocycles. The summed E-state index contributed by atoms with van der Waals surface area (Å²) in [7, 11) is 0. The first kappa shape index (κ1) is 14.1. The van der Waals surface area contributed by atoms with Crippen LogP contribution in [0.15, 0.2) is 24.3 Å². The molecule has 2 unspecified atom stereocenters. The summed E-state index contributed by atoms with van der Waals surface area (Å²) in [4.78, 5) is 0. The smallest absolute Gasteiger partial charge is 0.115 e. The summed E-state index contributed by atoms with van der Waals surface area (Å²) in [6.07, 6.45) is 1.08. The van der Waals surface area contributed by atoms with Gasteiger partial charge in [-0.3, -0.25) is 0 Å². The second-order valence-corrected chi connectivity index (χ2v) is 7.09. The van der Waals surface area contributed by atoms with E-state index in [1.165, 1.54) is 22.8 Å². The number of thioether (sulfide) groups is 2. The third-order valence-electron chi connectivity index (χ3n) is 3.18. The number of hydrogen-bond acceptors (Lipinski definition) is 4. The average Bonchev–Trinajstić information content (AvgIpc) is 2.42. The number of hydrogen-bond donors (Lipinski definition) is 2. The predicted octanol–water partition coefficient (Wildman–Crippen LogP) is 3.28. The second kappa shape index (κ2) is 7.31. The van der Waals surface area contributed by atoms with Gasteiger partial charge >= 0.3 is 0 Å². The van der Waals surface area contributed by atoms with Gasteiger partial charge in [-0.15, -0.1) is 0 Å². The molecule has 2 N–H and O–H groups in total. The summed E-state index contributed by atoms with van der Waals surface area (Å²) < 4.78 is 0. The molecule has 1 saturated heterocycles. The van der Waals surface area contributed by atoms with Gasteiger partial charge in [0.25, 0.3) is 0 Å². The minimum absolute atomic E-state index is 0.341. The Balaban J connectivity index is 1.86. The van der Waals surface area contributed by atoms with Crippen LogP contribution in [0.4, 0.5) is 0 Å². The Kier molecular flexibility index (Phi) is 5.73. The molecule has 0 aromatic heterocycles. The minimum atomic E-state index is 0.341. The van der Waals surface area contributed by atoms with Crippen LogP contribution in [-0.4, -0.2) is 34.2 Å². The van der Waals surface area contributed by atoms with Crippen molar-refractivity contribution in [2.45, 2.75) is 24.6 Å². The van der Waals surface area contributed by atoms with Gasteiger partial charge in [-0.05, 0) is 24.1 Å². The second-order valence-electron chi connectivity index (χ2n) is 4.53. The van der Waals surface area contributed by atoms with Gasteiger partial charge in [0.2, 0.25) is 0 Å². The molecule has 100 valence electrons. The molecule has 0 spiro atoms. The molecule has 4 heteroatoms. The summed E-state index contributed by atoms with van der Waals surface area (Å²) in [6, 6.07) is 7.96. The SMILES string of the molecule is CCC(NCC1CSCCS1)c1ccc(O)cc1. The number of nitrogens with one attached hydrogen (secondary N) is 1. The summed E-state index contributed by atoms with van der Waals surface area (Å²) in [5.74, 6) is 4.19. The lowest BCUT2D eigenvalue weighted by molar-refractivity contribution is 0.473. The highest BCUT2D eigenvalue weighted by Crippen LogP contribution is 2.25. The molecule has 0 amide bonds. The highest BCUT2D eigenvalue weighted by molar-refractivity contribution is 8.06. The molecule has 2 atom stereocenters. The van der Waals surface area contributed by atoms with Crippen LogP contribution in [0.1, 0.15) is 24.9 Å². The first-order chi connectivity index (χ1) is 8.79. The lowest BCUT2D eigenvalue weighted by Crippen LogP contribution is -2.31. The first-order valence-electron chi connectivity index (χ1n) is 6.51. The van der Waals surface area contributed by atoms with Crippen LogP contribution in [0, 0.1) is 0 Å². The van der Waals surface area contributed by atoms with Gasteiger partial charge in [-0.25, -0.2) is 0 Å². The molecule has 0 aliphatic carbocycles. The average molecular weight is 283 g/mol. The fraction of sp³-hybridized carbons (Fsp3) is 0.571. The molecule has 2 nitrogen and oxygen atoms in total. The molecule has 18 heavy (non-hydrogen) atoms. The molecular formula is C14H21NOS2. The van der Waals surface area contributed by atoms with Gasteiger partial charge in [-0.2, -0.15) is 23.5 Å². The number of phenols is 1. The van der Waals surface area contributed by atoms with E-state index in [0.717, 1.165) is 18.2 Å². The molecule has 1 aliphatic rings. The van der Waals surface area contributed by atoms with Crippen LogP contribution in [0.25, 0.3) is 0 Å². The minimum Gasteiger partial charge on any atom is -0.508 e. The molecule has 1 aliphatic heterocycles. The summed E-state index contributed by atoms with van der Waals surface area (Å²) in [5.41, 5.74) is 1.27. The van der Waals surface area contributed by atoms with Crippen LogP contribution < -0.4 is 5.32 Å². The van der Waals surface area contributed by atoms with E-state index < -0.39 is 0 Å². The van der Waals surface area contributed by atoms with Gasteiger partial charge in [-0.1, -0.05) is 19.1 Å². The zero-order valence-corrected chi connectivity index (χ0v) is 12.4. The maximum Gasteiger partial charge on any atom is 0.115 e. The fourth-order valence-corrected chi connectivity index (χ4v) is 4.76. The zero-order chi connectivity index (χ0) is 12.8. The number of benzene rings is 1. The lowest BCUT2D eigenvalue weighted by atomic mass is 10.0. The van der Waals surface area contributed by atoms with Crippen molar-refractivity contribution in [1.82, 2.24) is 5.32 Å². The van der Waals surface area contributed by atoms with Crippen molar-refractivity contribution in [1.29, 1.82) is 0 Å². The Labute approximate surface area is 118 Å². The van der Waals surface area contributed by atoms with Gasteiger partial charge in [0.15, 0.2) is 0 Å². The topological polar surface area (TPSA) is 32.3 Å². The van der Waals surface area contributed by atoms with Gasteiger partial charge in [0.1, 0.15) is 5.75 Å². The van der Waals surface area contributed by atoms with Crippen LogP contribution in [-0.2, 0) is 0 Å². The van der Waals surface area contributed by atoms with E-state index in [9.17, 15) is 5.11 Å². The normalized spacial score (nSPS) is 21.7. The lowest BCUT2D eigenvalue weighted by Gasteiger charge is -2.24. The predicted molar refractivity (Wildman–Crippen MR) is 82.7 cm³/mol. The van der Waals surface area contributed by atoms with Gasteiger partial charge < -0.3 is 10.4 Å². The largest absolute Gasteiger partial charge is 0.508 e. The van der Waals surface area contributed by atoms with E-state index in [2.05, 4.69) is 35.8 Å². The highest BCUT2D eigenvalue weighted by Gasteiger charge is 2.16.